The van der Waals surface area contributed by atoms with Crippen molar-refractivity contribution in [2.45, 2.75) is 25.4 Å². The molecule has 0 fully saturated rings. The largest absolute Gasteiger partial charge is 0.388 e. The van der Waals surface area contributed by atoms with E-state index in [4.69, 9.17) is 0 Å². The van der Waals surface area contributed by atoms with Crippen LogP contribution in [-0.2, 0) is 0 Å². The van der Waals surface area contributed by atoms with Crippen LogP contribution in [0.5, 0.6) is 0 Å². The summed E-state index contributed by atoms with van der Waals surface area (Å²) in [6.07, 6.45) is 0.816. The van der Waals surface area contributed by atoms with Crippen molar-refractivity contribution in [1.82, 2.24) is 0 Å². The molecule has 0 unspecified atom stereocenters. The van der Waals surface area contributed by atoms with Gasteiger partial charge in [-0.25, -0.2) is 0 Å². The van der Waals surface area contributed by atoms with Crippen LogP contribution in [0.25, 0.3) is 0 Å². The molecule has 1 heteroatoms. The number of hydrogen-bond donors (Lipinski definition) is 1. The molecule has 0 bridgehead atoms. The fourth-order valence-corrected chi connectivity index (χ4v) is 1.78. The van der Waals surface area contributed by atoms with Crippen molar-refractivity contribution in [2.75, 3.05) is 0 Å². The molecule has 0 amide bonds. The second kappa shape index (κ2) is 7.34. The van der Waals surface area contributed by atoms with Crippen LogP contribution in [0.2, 0.25) is 0 Å². The van der Waals surface area contributed by atoms with Crippen LogP contribution in [0.3, 0.4) is 0 Å². The van der Waals surface area contributed by atoms with Crippen molar-refractivity contribution in [3.8, 4) is 23.7 Å². The molecule has 0 radical (unpaired) electrons. The van der Waals surface area contributed by atoms with Crippen molar-refractivity contribution in [1.29, 1.82) is 0 Å². The molecular formula is C20H18O. The Kier molecular flexibility index (Phi) is 5.22. The SMILES string of the molecule is CC(O)(CC#Cc1ccccc1)CC#Cc1ccccc1. The number of benzene rings is 2. The number of aliphatic hydroxyl groups is 1. The molecule has 0 spiro atoms. The molecule has 0 aromatic heterocycles. The summed E-state index contributed by atoms with van der Waals surface area (Å²) in [5.74, 6) is 12.1. The first kappa shape index (κ1) is 14.9. The maximum Gasteiger partial charge on any atom is 0.0837 e. The van der Waals surface area contributed by atoms with E-state index < -0.39 is 5.60 Å². The van der Waals surface area contributed by atoms with Crippen molar-refractivity contribution in [2.24, 2.45) is 0 Å². The molecule has 1 nitrogen and oxygen atoms in total. The van der Waals surface area contributed by atoms with E-state index in [2.05, 4.69) is 23.7 Å². The van der Waals surface area contributed by atoms with E-state index in [1.807, 2.05) is 60.7 Å². The van der Waals surface area contributed by atoms with Gasteiger partial charge in [0.05, 0.1) is 5.60 Å². The maximum atomic E-state index is 10.3. The van der Waals surface area contributed by atoms with E-state index in [9.17, 15) is 5.11 Å². The third-order valence-corrected chi connectivity index (χ3v) is 2.95. The molecule has 2 aromatic rings. The number of hydrogen-bond acceptors (Lipinski definition) is 1. The van der Waals surface area contributed by atoms with Crippen molar-refractivity contribution in [3.63, 3.8) is 0 Å². The Labute approximate surface area is 126 Å². The lowest BCUT2D eigenvalue weighted by atomic mass is 9.98. The first-order valence-corrected chi connectivity index (χ1v) is 6.96. The zero-order chi connectivity index (χ0) is 15.0. The molecule has 1 N–H and O–H groups in total. The van der Waals surface area contributed by atoms with Gasteiger partial charge in [0.15, 0.2) is 0 Å². The lowest BCUT2D eigenvalue weighted by molar-refractivity contribution is 0.0711. The van der Waals surface area contributed by atoms with Crippen LogP contribution in [0.4, 0.5) is 0 Å². The number of rotatable bonds is 2. The maximum absolute atomic E-state index is 10.3. The van der Waals surface area contributed by atoms with Gasteiger partial charge in [-0.3, -0.25) is 0 Å². The minimum absolute atomic E-state index is 0.408. The van der Waals surface area contributed by atoms with Crippen LogP contribution in [-0.4, -0.2) is 10.7 Å². The van der Waals surface area contributed by atoms with Crippen LogP contribution in [0.15, 0.2) is 60.7 Å². The third-order valence-electron chi connectivity index (χ3n) is 2.95. The van der Waals surface area contributed by atoms with E-state index in [-0.39, 0.29) is 0 Å². The summed E-state index contributed by atoms with van der Waals surface area (Å²) in [6, 6.07) is 19.5. The lowest BCUT2D eigenvalue weighted by Crippen LogP contribution is -2.22. The quantitative estimate of drug-likeness (QED) is 0.829. The zero-order valence-electron chi connectivity index (χ0n) is 12.1. The summed E-state index contributed by atoms with van der Waals surface area (Å²) < 4.78 is 0. The second-order valence-electron chi connectivity index (χ2n) is 5.19. The Bertz CT molecular complexity index is 615. The average Bonchev–Trinajstić information content (AvgIpc) is 2.49. The minimum atomic E-state index is -0.885. The standard InChI is InChI=1S/C20H18O/c1-20(21,16-8-14-18-10-4-2-5-11-18)17-9-15-19-12-6-3-7-13-19/h2-7,10-13,21H,16-17H2,1H3. The second-order valence-corrected chi connectivity index (χ2v) is 5.19. The highest BCUT2D eigenvalue weighted by atomic mass is 16.3. The highest BCUT2D eigenvalue weighted by molar-refractivity contribution is 5.35. The molecule has 21 heavy (non-hydrogen) atoms. The van der Waals surface area contributed by atoms with Crippen LogP contribution >= 0.6 is 0 Å². The molecule has 2 aromatic carbocycles. The Morgan fingerprint density at radius 2 is 1.14 bits per heavy atom. The fraction of sp³-hybridized carbons (Fsp3) is 0.200. The smallest absolute Gasteiger partial charge is 0.0837 e. The first-order chi connectivity index (χ1) is 10.2. The van der Waals surface area contributed by atoms with Gasteiger partial charge in [0.2, 0.25) is 0 Å². The van der Waals surface area contributed by atoms with Crippen molar-refractivity contribution in [3.05, 3.63) is 71.8 Å². The van der Waals surface area contributed by atoms with Gasteiger partial charge in [-0.1, -0.05) is 60.1 Å². The Morgan fingerprint density at radius 3 is 1.52 bits per heavy atom. The molecule has 0 aliphatic heterocycles. The average molecular weight is 274 g/mol. The van der Waals surface area contributed by atoms with Gasteiger partial charge in [-0.05, 0) is 31.2 Å². The minimum Gasteiger partial charge on any atom is -0.388 e. The summed E-state index contributed by atoms with van der Waals surface area (Å²) >= 11 is 0. The Morgan fingerprint density at radius 1 is 0.762 bits per heavy atom. The fourth-order valence-electron chi connectivity index (χ4n) is 1.78. The predicted octanol–water partition coefficient (Wildman–Crippen LogP) is 3.62. The highest BCUT2D eigenvalue weighted by Gasteiger charge is 2.16. The molecule has 0 saturated carbocycles. The molecule has 2 rings (SSSR count). The molecule has 0 atom stereocenters. The Balaban J connectivity index is 1.91. The van der Waals surface area contributed by atoms with Gasteiger partial charge in [0, 0.05) is 24.0 Å². The summed E-state index contributed by atoms with van der Waals surface area (Å²) in [5, 5.41) is 10.3. The molecule has 0 aliphatic carbocycles. The molecule has 0 saturated heterocycles. The van der Waals surface area contributed by atoms with Gasteiger partial charge in [0.1, 0.15) is 0 Å². The monoisotopic (exact) mass is 274 g/mol. The molecule has 0 aliphatic rings. The van der Waals surface area contributed by atoms with Gasteiger partial charge in [-0.2, -0.15) is 0 Å². The van der Waals surface area contributed by atoms with Gasteiger partial charge in [-0.15, -0.1) is 0 Å². The normalized spacial score (nSPS) is 10.0. The van der Waals surface area contributed by atoms with E-state index in [1.165, 1.54) is 0 Å². The summed E-state index contributed by atoms with van der Waals surface area (Å²) in [5.41, 5.74) is 1.04. The summed E-state index contributed by atoms with van der Waals surface area (Å²) in [7, 11) is 0. The highest BCUT2D eigenvalue weighted by Crippen LogP contribution is 2.13. The Hall–Kier alpha value is -2.48. The van der Waals surface area contributed by atoms with Crippen molar-refractivity contribution >= 4 is 0 Å². The predicted molar refractivity (Wildman–Crippen MR) is 86.5 cm³/mol. The molecular weight excluding hydrogens is 256 g/mol. The van der Waals surface area contributed by atoms with Gasteiger partial charge in [0.25, 0.3) is 0 Å². The van der Waals surface area contributed by atoms with Gasteiger partial charge < -0.3 is 5.11 Å². The van der Waals surface area contributed by atoms with Crippen LogP contribution in [0.1, 0.15) is 30.9 Å². The first-order valence-electron chi connectivity index (χ1n) is 6.96. The molecule has 0 heterocycles. The van der Waals surface area contributed by atoms with Crippen molar-refractivity contribution < 1.29 is 5.11 Å². The topological polar surface area (TPSA) is 20.2 Å². The van der Waals surface area contributed by atoms with E-state index in [0.29, 0.717) is 12.8 Å². The summed E-state index contributed by atoms with van der Waals surface area (Å²) in [6.45, 7) is 1.77. The van der Waals surface area contributed by atoms with E-state index in [0.717, 1.165) is 11.1 Å². The van der Waals surface area contributed by atoms with Crippen LogP contribution in [0, 0.1) is 23.7 Å². The summed E-state index contributed by atoms with van der Waals surface area (Å²) in [4.78, 5) is 0. The lowest BCUT2D eigenvalue weighted by Gasteiger charge is -2.16. The third kappa shape index (κ3) is 5.57. The van der Waals surface area contributed by atoms with E-state index >= 15 is 0 Å². The van der Waals surface area contributed by atoms with Crippen LogP contribution < -0.4 is 0 Å². The van der Waals surface area contributed by atoms with E-state index in [1.54, 1.807) is 6.92 Å². The van der Waals surface area contributed by atoms with Gasteiger partial charge >= 0.3 is 0 Å². The molecule has 104 valence electrons. The zero-order valence-corrected chi connectivity index (χ0v) is 12.1.